The summed E-state index contributed by atoms with van der Waals surface area (Å²) in [6, 6.07) is 2.37. The summed E-state index contributed by atoms with van der Waals surface area (Å²) in [4.78, 5) is 11.8. The van der Waals surface area contributed by atoms with Crippen LogP contribution in [0.1, 0.15) is 16.8 Å². The second-order valence-electron chi connectivity index (χ2n) is 3.77. The van der Waals surface area contributed by atoms with Crippen LogP contribution in [-0.2, 0) is 0 Å². The summed E-state index contributed by atoms with van der Waals surface area (Å²) < 4.78 is 23.1. The Balaban J connectivity index is 2.06. The van der Waals surface area contributed by atoms with Gasteiger partial charge in [0.1, 0.15) is 11.6 Å². The number of carbonyl (C=O) groups excluding carboxylic acids is 1. The highest BCUT2D eigenvalue weighted by molar-refractivity contribution is 7.95. The topological polar surface area (TPSA) is 41.6 Å². The van der Waals surface area contributed by atoms with Crippen molar-refractivity contribution in [2.45, 2.75) is 6.42 Å². The average Bonchev–Trinajstić information content (AvgIpc) is 2.29. The largest absolute Gasteiger partial charge is 0.495 e. The first-order valence-electron chi connectivity index (χ1n) is 5.37. The number of hydrogen-bond acceptors (Lipinski definition) is 4. The van der Waals surface area contributed by atoms with E-state index < -0.39 is 11.7 Å². The molecular weight excluding hydrogens is 279 g/mol. The molecule has 0 unspecified atom stereocenters. The first-order valence-corrected chi connectivity index (χ1v) is 6.52. The van der Waals surface area contributed by atoms with Crippen LogP contribution in [0.2, 0.25) is 5.02 Å². The first kappa shape index (κ1) is 13.5. The van der Waals surface area contributed by atoms with Gasteiger partial charge in [-0.3, -0.25) is 9.52 Å². The van der Waals surface area contributed by atoms with E-state index in [1.807, 2.05) is 4.31 Å². The lowest BCUT2D eigenvalue weighted by molar-refractivity contribution is 0.0978. The minimum atomic E-state index is -0.655. The molecule has 1 saturated heterocycles. The molecule has 1 heterocycles. The highest BCUT2D eigenvalue weighted by atomic mass is 35.5. The zero-order valence-corrected chi connectivity index (χ0v) is 11.3. The van der Waals surface area contributed by atoms with E-state index >= 15 is 0 Å². The van der Waals surface area contributed by atoms with E-state index in [-0.39, 0.29) is 16.3 Å². The van der Waals surface area contributed by atoms with E-state index in [4.69, 9.17) is 16.3 Å². The maximum Gasteiger partial charge on any atom is 0.265 e. The zero-order chi connectivity index (χ0) is 13.1. The number of nitrogens with zero attached hydrogens (tertiary/aromatic N) is 1. The molecule has 1 amide bonds. The van der Waals surface area contributed by atoms with Gasteiger partial charge in [-0.25, -0.2) is 8.70 Å². The number of benzene rings is 1. The molecule has 0 atom stereocenters. The molecule has 0 spiro atoms. The van der Waals surface area contributed by atoms with Gasteiger partial charge in [-0.1, -0.05) is 11.6 Å². The van der Waals surface area contributed by atoms with Crippen LogP contribution in [0.5, 0.6) is 5.75 Å². The van der Waals surface area contributed by atoms with Crippen LogP contribution in [0, 0.1) is 5.82 Å². The molecule has 4 nitrogen and oxygen atoms in total. The molecule has 1 N–H and O–H groups in total. The quantitative estimate of drug-likeness (QED) is 0.865. The Morgan fingerprint density at radius 1 is 1.56 bits per heavy atom. The van der Waals surface area contributed by atoms with Gasteiger partial charge in [0.05, 0.1) is 17.7 Å². The minimum absolute atomic E-state index is 0.0891. The van der Waals surface area contributed by atoms with E-state index in [2.05, 4.69) is 4.72 Å². The summed E-state index contributed by atoms with van der Waals surface area (Å²) in [5, 5.41) is 0.206. The van der Waals surface area contributed by atoms with Crippen LogP contribution in [0.3, 0.4) is 0 Å². The molecule has 18 heavy (non-hydrogen) atoms. The van der Waals surface area contributed by atoms with Gasteiger partial charge in [0.15, 0.2) is 0 Å². The Hall–Kier alpha value is -0.980. The van der Waals surface area contributed by atoms with Crippen molar-refractivity contribution >= 4 is 29.6 Å². The number of hydrogen-bond donors (Lipinski definition) is 1. The Labute approximate surface area is 114 Å². The molecule has 1 aromatic carbocycles. The van der Waals surface area contributed by atoms with Gasteiger partial charge in [-0.05, 0) is 12.5 Å². The SMILES string of the molecule is COc1cc(F)c(C(=O)NSN2CCC2)cc1Cl. The molecule has 0 aromatic heterocycles. The van der Waals surface area contributed by atoms with E-state index in [0.29, 0.717) is 0 Å². The molecule has 1 aromatic rings. The van der Waals surface area contributed by atoms with Gasteiger partial charge < -0.3 is 4.74 Å². The Morgan fingerprint density at radius 3 is 2.83 bits per heavy atom. The molecule has 2 rings (SSSR count). The van der Waals surface area contributed by atoms with E-state index in [1.165, 1.54) is 25.3 Å². The Kier molecular flexibility index (Phi) is 4.31. The van der Waals surface area contributed by atoms with Crippen LogP contribution in [0.25, 0.3) is 0 Å². The van der Waals surface area contributed by atoms with E-state index in [1.54, 1.807) is 0 Å². The Morgan fingerprint density at radius 2 is 2.28 bits per heavy atom. The van der Waals surface area contributed by atoms with Crippen molar-refractivity contribution in [1.82, 2.24) is 9.03 Å². The normalized spacial score (nSPS) is 15.1. The molecule has 7 heteroatoms. The molecule has 0 bridgehead atoms. The highest BCUT2D eigenvalue weighted by Gasteiger charge is 2.19. The third kappa shape index (κ3) is 2.88. The van der Waals surface area contributed by atoms with Crippen LogP contribution < -0.4 is 9.46 Å². The summed E-state index contributed by atoms with van der Waals surface area (Å²) in [5.74, 6) is -0.951. The number of ether oxygens (including phenoxy) is 1. The number of carbonyl (C=O) groups is 1. The van der Waals surface area contributed by atoms with Gasteiger partial charge in [-0.15, -0.1) is 0 Å². The van der Waals surface area contributed by atoms with E-state index in [0.717, 1.165) is 25.6 Å². The summed E-state index contributed by atoms with van der Waals surface area (Å²) in [6.45, 7) is 1.85. The van der Waals surface area contributed by atoms with Gasteiger partial charge in [0.2, 0.25) is 0 Å². The van der Waals surface area contributed by atoms with Gasteiger partial charge in [0.25, 0.3) is 5.91 Å². The minimum Gasteiger partial charge on any atom is -0.495 e. The molecule has 98 valence electrons. The summed E-state index contributed by atoms with van der Waals surface area (Å²) >= 11 is 7.04. The maximum absolute atomic E-state index is 13.7. The van der Waals surface area contributed by atoms with Crippen molar-refractivity contribution in [1.29, 1.82) is 0 Å². The number of rotatable bonds is 4. The second-order valence-corrected chi connectivity index (χ2v) is 5.08. The molecule has 1 aliphatic rings. The monoisotopic (exact) mass is 290 g/mol. The third-order valence-electron chi connectivity index (χ3n) is 2.57. The lowest BCUT2D eigenvalue weighted by Crippen LogP contribution is -2.35. The molecule has 0 saturated carbocycles. The predicted molar refractivity (Wildman–Crippen MR) is 69.2 cm³/mol. The first-order chi connectivity index (χ1) is 8.61. The van der Waals surface area contributed by atoms with Crippen molar-refractivity contribution in [3.63, 3.8) is 0 Å². The number of methoxy groups -OCH3 is 1. The molecule has 0 radical (unpaired) electrons. The average molecular weight is 291 g/mol. The van der Waals surface area contributed by atoms with Gasteiger partial charge in [-0.2, -0.15) is 0 Å². The fourth-order valence-corrected chi connectivity index (χ4v) is 2.40. The fourth-order valence-electron chi connectivity index (χ4n) is 1.40. The lowest BCUT2D eigenvalue weighted by Gasteiger charge is -2.28. The van der Waals surface area contributed by atoms with Gasteiger partial charge >= 0.3 is 0 Å². The van der Waals surface area contributed by atoms with Crippen molar-refractivity contribution in [2.24, 2.45) is 0 Å². The second kappa shape index (κ2) is 5.77. The Bertz CT molecular complexity index is 469. The fraction of sp³-hybridized carbons (Fsp3) is 0.364. The summed E-state index contributed by atoms with van der Waals surface area (Å²) in [7, 11) is 1.39. The molecule has 0 aliphatic carbocycles. The van der Waals surface area contributed by atoms with Gasteiger partial charge in [0, 0.05) is 31.3 Å². The van der Waals surface area contributed by atoms with Crippen molar-refractivity contribution in [2.75, 3.05) is 20.2 Å². The summed E-state index contributed by atoms with van der Waals surface area (Å²) in [5.41, 5.74) is -0.0891. The number of halogens is 2. The van der Waals surface area contributed by atoms with Crippen molar-refractivity contribution in [3.8, 4) is 5.75 Å². The zero-order valence-electron chi connectivity index (χ0n) is 9.70. The highest BCUT2D eigenvalue weighted by Crippen LogP contribution is 2.27. The third-order valence-corrected chi connectivity index (χ3v) is 3.76. The lowest BCUT2D eigenvalue weighted by atomic mass is 10.2. The van der Waals surface area contributed by atoms with E-state index in [9.17, 15) is 9.18 Å². The summed E-state index contributed by atoms with van der Waals surface area (Å²) in [6.07, 6.45) is 1.12. The smallest absolute Gasteiger partial charge is 0.265 e. The standard InChI is InChI=1S/C11H12ClFN2O2S/c1-17-10-6-9(13)7(5-8(10)12)11(16)14-18-15-3-2-4-15/h5-6H,2-4H2,1H3,(H,14,16). The number of nitrogens with one attached hydrogen (secondary N) is 1. The number of amides is 1. The van der Waals surface area contributed by atoms with Crippen molar-refractivity contribution < 1.29 is 13.9 Å². The maximum atomic E-state index is 13.7. The van der Waals surface area contributed by atoms with Crippen LogP contribution in [-0.4, -0.2) is 30.4 Å². The molecule has 1 aliphatic heterocycles. The van der Waals surface area contributed by atoms with Crippen LogP contribution in [0.15, 0.2) is 12.1 Å². The molecular formula is C11H12ClFN2O2S. The molecule has 1 fully saturated rings. The van der Waals surface area contributed by atoms with Crippen LogP contribution >= 0.6 is 23.7 Å². The van der Waals surface area contributed by atoms with Crippen molar-refractivity contribution in [3.05, 3.63) is 28.5 Å². The predicted octanol–water partition coefficient (Wildman–Crippen LogP) is 2.49. The van der Waals surface area contributed by atoms with Crippen LogP contribution in [0.4, 0.5) is 4.39 Å².